The summed E-state index contributed by atoms with van der Waals surface area (Å²) in [5.74, 6) is 0. The van der Waals surface area contributed by atoms with E-state index in [-0.39, 0.29) is 12.1 Å². The average Bonchev–Trinajstić information content (AvgIpc) is 2.64. The zero-order chi connectivity index (χ0) is 12.4. The number of amides is 1. The fraction of sp³-hybridized carbons (Fsp3) is 0.636. The number of ether oxygens (including phenoxy) is 1. The van der Waals surface area contributed by atoms with E-state index in [0.29, 0.717) is 31.4 Å². The number of rotatable bonds is 2. The molecule has 1 saturated heterocycles. The molecule has 1 amide bonds. The van der Waals surface area contributed by atoms with Crippen LogP contribution in [0, 0.1) is 0 Å². The van der Waals surface area contributed by atoms with Crippen molar-refractivity contribution in [1.29, 1.82) is 0 Å². The first-order valence-corrected chi connectivity index (χ1v) is 5.78. The van der Waals surface area contributed by atoms with Gasteiger partial charge in [-0.05, 0) is 13.8 Å². The summed E-state index contributed by atoms with van der Waals surface area (Å²) in [4.78, 5) is 17.6. The van der Waals surface area contributed by atoms with Crippen molar-refractivity contribution < 1.29 is 9.53 Å². The Labute approximate surface area is 101 Å². The molecule has 2 aliphatic rings. The Morgan fingerprint density at radius 1 is 1.65 bits per heavy atom. The number of carbonyl (C=O) groups excluding carboxylic acids is 1. The lowest BCUT2D eigenvalue weighted by atomic mass is 10.1. The van der Waals surface area contributed by atoms with Crippen molar-refractivity contribution in [2.45, 2.75) is 25.9 Å². The van der Waals surface area contributed by atoms with E-state index in [1.165, 1.54) is 6.20 Å². The highest BCUT2D eigenvalue weighted by Crippen LogP contribution is 2.19. The van der Waals surface area contributed by atoms with Crippen LogP contribution in [0.4, 0.5) is 4.79 Å². The minimum Gasteiger partial charge on any atom is -0.447 e. The van der Waals surface area contributed by atoms with Gasteiger partial charge in [0.15, 0.2) is 0 Å². The van der Waals surface area contributed by atoms with Crippen molar-refractivity contribution in [3.05, 3.63) is 11.9 Å². The topological polar surface area (TPSA) is 80.0 Å². The maximum absolute atomic E-state index is 11.6. The molecule has 94 valence electrons. The second-order valence-corrected chi connectivity index (χ2v) is 4.42. The summed E-state index contributed by atoms with van der Waals surface area (Å²) in [6, 6.07) is 0.361. The molecule has 0 aliphatic carbocycles. The van der Waals surface area contributed by atoms with Gasteiger partial charge in [0, 0.05) is 18.8 Å². The van der Waals surface area contributed by atoms with Crippen molar-refractivity contribution in [3.63, 3.8) is 0 Å². The molecule has 17 heavy (non-hydrogen) atoms. The molecular formula is C11H18N4O2. The van der Waals surface area contributed by atoms with Gasteiger partial charge in [-0.15, -0.1) is 0 Å². The molecule has 0 aromatic heterocycles. The molecule has 0 saturated carbocycles. The Bertz CT molecular complexity index is 378. The normalized spacial score (nSPS) is 30.2. The number of hydrogen-bond donors (Lipinski definition) is 2. The zero-order valence-corrected chi connectivity index (χ0v) is 10.1. The molecule has 2 atom stereocenters. The average molecular weight is 238 g/mol. The summed E-state index contributed by atoms with van der Waals surface area (Å²) in [5, 5.41) is 3.29. The molecule has 3 N–H and O–H groups in total. The van der Waals surface area contributed by atoms with E-state index in [0.717, 1.165) is 5.71 Å². The SMILES string of the molecule is C[C@H]1CN=C(C(=CN)N2C(=O)OC[C@@H]2C)CN1. The molecule has 1 fully saturated rings. The van der Waals surface area contributed by atoms with E-state index in [2.05, 4.69) is 17.2 Å². The summed E-state index contributed by atoms with van der Waals surface area (Å²) in [5.41, 5.74) is 7.09. The number of nitrogens with one attached hydrogen (secondary N) is 1. The van der Waals surface area contributed by atoms with Gasteiger partial charge in [-0.1, -0.05) is 0 Å². The van der Waals surface area contributed by atoms with E-state index in [9.17, 15) is 4.79 Å². The molecular weight excluding hydrogens is 220 g/mol. The van der Waals surface area contributed by atoms with Gasteiger partial charge in [-0.3, -0.25) is 9.89 Å². The van der Waals surface area contributed by atoms with Gasteiger partial charge in [0.25, 0.3) is 0 Å². The number of cyclic esters (lactones) is 1. The van der Waals surface area contributed by atoms with Gasteiger partial charge >= 0.3 is 6.09 Å². The molecule has 2 aliphatic heterocycles. The highest BCUT2D eigenvalue weighted by atomic mass is 16.6. The third-order valence-corrected chi connectivity index (χ3v) is 2.97. The molecule has 2 heterocycles. The highest BCUT2D eigenvalue weighted by Gasteiger charge is 2.34. The maximum Gasteiger partial charge on any atom is 0.414 e. The summed E-state index contributed by atoms with van der Waals surface area (Å²) >= 11 is 0. The van der Waals surface area contributed by atoms with Crippen LogP contribution in [0.15, 0.2) is 16.9 Å². The van der Waals surface area contributed by atoms with Crippen LogP contribution in [0.2, 0.25) is 0 Å². The van der Waals surface area contributed by atoms with Crippen LogP contribution in [0.1, 0.15) is 13.8 Å². The molecule has 2 rings (SSSR count). The number of carbonyl (C=O) groups is 1. The Kier molecular flexibility index (Phi) is 3.33. The number of hydrogen-bond acceptors (Lipinski definition) is 5. The molecule has 0 spiro atoms. The Morgan fingerprint density at radius 3 is 2.88 bits per heavy atom. The van der Waals surface area contributed by atoms with Crippen LogP contribution in [-0.2, 0) is 4.74 Å². The van der Waals surface area contributed by atoms with E-state index in [1.54, 1.807) is 4.90 Å². The molecule has 0 bridgehead atoms. The van der Waals surface area contributed by atoms with Crippen LogP contribution in [0.3, 0.4) is 0 Å². The van der Waals surface area contributed by atoms with Gasteiger partial charge in [-0.25, -0.2) is 4.79 Å². The standard InChI is InChI=1S/C11H18N4O2/c1-7-4-14-9(5-13-7)10(3-12)15-8(2)6-17-11(15)16/h3,7-8,13H,4-6,12H2,1-2H3/t7-,8-/m0/s1. The van der Waals surface area contributed by atoms with E-state index in [1.807, 2.05) is 6.92 Å². The van der Waals surface area contributed by atoms with Crippen molar-refractivity contribution in [3.8, 4) is 0 Å². The highest BCUT2D eigenvalue weighted by molar-refractivity contribution is 6.04. The lowest BCUT2D eigenvalue weighted by Crippen LogP contribution is -2.43. The van der Waals surface area contributed by atoms with Gasteiger partial charge in [-0.2, -0.15) is 0 Å². The molecule has 6 heteroatoms. The van der Waals surface area contributed by atoms with Crippen LogP contribution >= 0.6 is 0 Å². The minimum atomic E-state index is -0.351. The fourth-order valence-electron chi connectivity index (χ4n) is 1.98. The zero-order valence-electron chi connectivity index (χ0n) is 10.1. The van der Waals surface area contributed by atoms with Gasteiger partial charge in [0.2, 0.25) is 0 Å². The molecule has 6 nitrogen and oxygen atoms in total. The largest absolute Gasteiger partial charge is 0.447 e. The third kappa shape index (κ3) is 2.26. The van der Waals surface area contributed by atoms with Gasteiger partial charge < -0.3 is 15.8 Å². The monoisotopic (exact) mass is 238 g/mol. The van der Waals surface area contributed by atoms with Crippen LogP contribution < -0.4 is 11.1 Å². The predicted octanol–water partition coefficient (Wildman–Crippen LogP) is 0.0599. The summed E-state index contributed by atoms with van der Waals surface area (Å²) in [6.45, 7) is 5.71. The Morgan fingerprint density at radius 2 is 2.41 bits per heavy atom. The van der Waals surface area contributed by atoms with Crippen molar-refractivity contribution in [2.24, 2.45) is 10.7 Å². The Hall–Kier alpha value is -1.56. The van der Waals surface area contributed by atoms with Crippen molar-refractivity contribution >= 4 is 11.8 Å². The van der Waals surface area contributed by atoms with Crippen LogP contribution in [-0.4, -0.2) is 48.5 Å². The first kappa shape index (κ1) is 11.9. The number of nitrogens with two attached hydrogens (primary N) is 1. The van der Waals surface area contributed by atoms with Crippen LogP contribution in [0.25, 0.3) is 0 Å². The second kappa shape index (κ2) is 4.75. The number of aliphatic imine (C=N–C) groups is 1. The summed E-state index contributed by atoms with van der Waals surface area (Å²) in [7, 11) is 0. The van der Waals surface area contributed by atoms with Gasteiger partial charge in [0.1, 0.15) is 6.61 Å². The lowest BCUT2D eigenvalue weighted by molar-refractivity contribution is 0.165. The first-order valence-electron chi connectivity index (χ1n) is 5.78. The van der Waals surface area contributed by atoms with Crippen LogP contribution in [0.5, 0.6) is 0 Å². The molecule has 0 aromatic carbocycles. The third-order valence-electron chi connectivity index (χ3n) is 2.97. The van der Waals surface area contributed by atoms with E-state index in [4.69, 9.17) is 10.5 Å². The van der Waals surface area contributed by atoms with E-state index < -0.39 is 0 Å². The predicted molar refractivity (Wildman–Crippen MR) is 64.7 cm³/mol. The fourth-order valence-corrected chi connectivity index (χ4v) is 1.98. The van der Waals surface area contributed by atoms with Crippen molar-refractivity contribution in [2.75, 3.05) is 19.7 Å². The lowest BCUT2D eigenvalue weighted by Gasteiger charge is -2.26. The number of nitrogens with zero attached hydrogens (tertiary/aromatic N) is 2. The maximum atomic E-state index is 11.6. The minimum absolute atomic E-state index is 0.000602. The summed E-state index contributed by atoms with van der Waals surface area (Å²) < 4.78 is 4.99. The summed E-state index contributed by atoms with van der Waals surface area (Å²) in [6.07, 6.45) is 1.08. The second-order valence-electron chi connectivity index (χ2n) is 4.42. The first-order chi connectivity index (χ1) is 8.13. The molecule has 0 aromatic rings. The molecule has 0 radical (unpaired) electrons. The Balaban J connectivity index is 2.20. The quantitative estimate of drug-likeness (QED) is 0.713. The van der Waals surface area contributed by atoms with Gasteiger partial charge in [0.05, 0.1) is 24.0 Å². The smallest absolute Gasteiger partial charge is 0.414 e. The van der Waals surface area contributed by atoms with E-state index >= 15 is 0 Å². The van der Waals surface area contributed by atoms with Crippen molar-refractivity contribution in [1.82, 2.24) is 10.2 Å². The molecule has 0 unspecified atom stereocenters.